The molecule has 1 aromatic rings. The topological polar surface area (TPSA) is 28.2 Å². The Bertz CT molecular complexity index is 388. The maximum Gasteiger partial charge on any atom is 0.168 e. The van der Waals surface area contributed by atoms with Gasteiger partial charge in [0.2, 0.25) is 0 Å². The summed E-state index contributed by atoms with van der Waals surface area (Å²) in [5.74, 6) is -0.865. The molecule has 0 saturated carbocycles. The Morgan fingerprint density at radius 2 is 1.76 bits per heavy atom. The Morgan fingerprint density at radius 1 is 1.12 bits per heavy atom. The molecule has 0 aliphatic carbocycles. The Balaban J connectivity index is 2.29. The molecule has 1 aliphatic heterocycles. The van der Waals surface area contributed by atoms with E-state index in [1.165, 1.54) is 0 Å². The first-order valence-electron chi connectivity index (χ1n) is 6.01. The average molecular weight is 241 g/mol. The van der Waals surface area contributed by atoms with Gasteiger partial charge in [-0.15, -0.1) is 0 Å². The second-order valence-electron chi connectivity index (χ2n) is 4.28. The molecule has 1 saturated heterocycles. The molecule has 1 aliphatic rings. The molecule has 1 N–H and O–H groups in total. The van der Waals surface area contributed by atoms with Gasteiger partial charge < -0.3 is 10.2 Å². The number of hydrogen-bond donors (Lipinski definition) is 1. The smallest absolute Gasteiger partial charge is 0.168 e. The van der Waals surface area contributed by atoms with Crippen LogP contribution in [0.15, 0.2) is 6.07 Å². The van der Waals surface area contributed by atoms with E-state index in [2.05, 4.69) is 10.3 Å². The lowest BCUT2D eigenvalue weighted by atomic mass is 10.2. The van der Waals surface area contributed by atoms with E-state index in [-0.39, 0.29) is 11.6 Å². The van der Waals surface area contributed by atoms with Crippen molar-refractivity contribution in [2.24, 2.45) is 0 Å². The Hall–Kier alpha value is -1.39. The molecule has 0 radical (unpaired) electrons. The van der Waals surface area contributed by atoms with Crippen LogP contribution in [-0.2, 0) is 0 Å². The first-order valence-corrected chi connectivity index (χ1v) is 6.01. The first kappa shape index (κ1) is 12.1. The summed E-state index contributed by atoms with van der Waals surface area (Å²) in [4.78, 5) is 5.93. The molecule has 0 unspecified atom stereocenters. The highest BCUT2D eigenvalue weighted by Gasteiger charge is 2.18. The zero-order valence-electron chi connectivity index (χ0n) is 9.97. The van der Waals surface area contributed by atoms with Crippen LogP contribution in [0.25, 0.3) is 0 Å². The monoisotopic (exact) mass is 241 g/mol. The number of nitrogens with zero attached hydrogens (tertiary/aromatic N) is 2. The Kier molecular flexibility index (Phi) is 3.76. The average Bonchev–Trinajstić information content (AvgIpc) is 2.58. The molecule has 5 heteroatoms. The van der Waals surface area contributed by atoms with Crippen LogP contribution < -0.4 is 10.2 Å². The molecule has 2 heterocycles. The van der Waals surface area contributed by atoms with Gasteiger partial charge >= 0.3 is 0 Å². The zero-order chi connectivity index (χ0) is 12.3. The third kappa shape index (κ3) is 2.65. The van der Waals surface area contributed by atoms with Gasteiger partial charge in [0.05, 0.1) is 0 Å². The van der Waals surface area contributed by atoms with Gasteiger partial charge in [0.15, 0.2) is 23.3 Å². The van der Waals surface area contributed by atoms with E-state index in [0.29, 0.717) is 0 Å². The molecule has 0 amide bonds. The second kappa shape index (κ2) is 5.29. The van der Waals surface area contributed by atoms with Crippen LogP contribution in [0.2, 0.25) is 0 Å². The van der Waals surface area contributed by atoms with Crippen molar-refractivity contribution < 1.29 is 8.78 Å². The van der Waals surface area contributed by atoms with Crippen molar-refractivity contribution >= 4 is 11.6 Å². The van der Waals surface area contributed by atoms with Crippen molar-refractivity contribution in [2.75, 3.05) is 30.4 Å². The normalized spacial score (nSPS) is 16.8. The first-order chi connectivity index (χ1) is 8.22. The van der Waals surface area contributed by atoms with Crippen LogP contribution in [0.3, 0.4) is 0 Å². The van der Waals surface area contributed by atoms with Crippen molar-refractivity contribution in [1.29, 1.82) is 0 Å². The summed E-state index contributed by atoms with van der Waals surface area (Å²) in [6.07, 6.45) is 4.40. The lowest BCUT2D eigenvalue weighted by molar-refractivity contribution is 0.569. The summed E-state index contributed by atoms with van der Waals surface area (Å²) in [5.41, 5.74) is 0. The molecule has 1 fully saturated rings. The SMILES string of the molecule is CNc1nc(N2CCCCCC2)c(F)cc1F. The van der Waals surface area contributed by atoms with Gasteiger partial charge in [-0.1, -0.05) is 12.8 Å². The number of hydrogen-bond acceptors (Lipinski definition) is 3. The number of pyridine rings is 1. The van der Waals surface area contributed by atoms with Crippen LogP contribution in [0.1, 0.15) is 25.7 Å². The van der Waals surface area contributed by atoms with E-state index in [4.69, 9.17) is 0 Å². The third-order valence-electron chi connectivity index (χ3n) is 3.05. The molecule has 0 aromatic carbocycles. The van der Waals surface area contributed by atoms with E-state index in [0.717, 1.165) is 44.8 Å². The molecule has 0 spiro atoms. The summed E-state index contributed by atoms with van der Waals surface area (Å²) >= 11 is 0. The second-order valence-corrected chi connectivity index (χ2v) is 4.28. The largest absolute Gasteiger partial charge is 0.371 e. The summed E-state index contributed by atoms with van der Waals surface area (Å²) in [6.45, 7) is 1.58. The van der Waals surface area contributed by atoms with Crippen LogP contribution in [0, 0.1) is 11.6 Å². The molecular formula is C12H17F2N3. The standard InChI is InChI=1S/C12H17F2N3/c1-15-11-9(13)8-10(14)12(16-11)17-6-4-2-3-5-7-17/h8H,2-7H2,1H3,(H,15,16). The Labute approximate surface area is 99.8 Å². The minimum Gasteiger partial charge on any atom is -0.371 e. The number of halogens is 2. The summed E-state index contributed by atoms with van der Waals surface area (Å²) in [5, 5.41) is 2.64. The molecule has 17 heavy (non-hydrogen) atoms. The molecule has 0 atom stereocenters. The van der Waals surface area contributed by atoms with Crippen molar-refractivity contribution in [3.05, 3.63) is 17.7 Å². The highest BCUT2D eigenvalue weighted by molar-refractivity contribution is 5.49. The van der Waals surface area contributed by atoms with Crippen LogP contribution in [0.5, 0.6) is 0 Å². The number of anilines is 2. The highest BCUT2D eigenvalue weighted by atomic mass is 19.1. The van der Waals surface area contributed by atoms with Gasteiger partial charge in [-0.3, -0.25) is 0 Å². The zero-order valence-corrected chi connectivity index (χ0v) is 9.97. The molecular weight excluding hydrogens is 224 g/mol. The van der Waals surface area contributed by atoms with Gasteiger partial charge in [0.25, 0.3) is 0 Å². The maximum atomic E-state index is 13.7. The number of nitrogens with one attached hydrogen (secondary N) is 1. The van der Waals surface area contributed by atoms with Crippen molar-refractivity contribution in [2.45, 2.75) is 25.7 Å². The lowest BCUT2D eigenvalue weighted by Crippen LogP contribution is -2.26. The summed E-state index contributed by atoms with van der Waals surface area (Å²) in [6, 6.07) is 0.902. The van der Waals surface area contributed by atoms with Gasteiger partial charge in [-0.25, -0.2) is 13.8 Å². The summed E-state index contributed by atoms with van der Waals surface area (Å²) in [7, 11) is 1.58. The number of rotatable bonds is 2. The molecule has 1 aromatic heterocycles. The van der Waals surface area contributed by atoms with Gasteiger partial charge in [-0.05, 0) is 12.8 Å². The van der Waals surface area contributed by atoms with Crippen molar-refractivity contribution in [3.8, 4) is 0 Å². The lowest BCUT2D eigenvalue weighted by Gasteiger charge is -2.22. The van der Waals surface area contributed by atoms with Gasteiger partial charge in [0, 0.05) is 26.2 Å². The third-order valence-corrected chi connectivity index (χ3v) is 3.05. The fourth-order valence-electron chi connectivity index (χ4n) is 2.14. The van der Waals surface area contributed by atoms with Crippen LogP contribution >= 0.6 is 0 Å². The quantitative estimate of drug-likeness (QED) is 0.863. The molecule has 94 valence electrons. The molecule has 2 rings (SSSR count). The maximum absolute atomic E-state index is 13.7. The van der Waals surface area contributed by atoms with Crippen molar-refractivity contribution in [3.63, 3.8) is 0 Å². The predicted molar refractivity (Wildman–Crippen MR) is 64.4 cm³/mol. The van der Waals surface area contributed by atoms with E-state index in [1.807, 2.05) is 4.90 Å². The molecule has 3 nitrogen and oxygen atoms in total. The highest BCUT2D eigenvalue weighted by Crippen LogP contribution is 2.24. The predicted octanol–water partition coefficient (Wildman–Crippen LogP) is 2.78. The van der Waals surface area contributed by atoms with E-state index in [9.17, 15) is 8.78 Å². The van der Waals surface area contributed by atoms with Crippen LogP contribution in [-0.4, -0.2) is 25.1 Å². The van der Waals surface area contributed by atoms with Gasteiger partial charge in [0.1, 0.15) is 0 Å². The van der Waals surface area contributed by atoms with E-state index < -0.39 is 11.6 Å². The minimum absolute atomic E-state index is 0.102. The van der Waals surface area contributed by atoms with E-state index in [1.54, 1.807) is 7.05 Å². The Morgan fingerprint density at radius 3 is 2.35 bits per heavy atom. The van der Waals surface area contributed by atoms with Gasteiger partial charge in [-0.2, -0.15) is 0 Å². The minimum atomic E-state index is -0.649. The summed E-state index contributed by atoms with van der Waals surface area (Å²) < 4.78 is 27.0. The van der Waals surface area contributed by atoms with E-state index >= 15 is 0 Å². The number of aromatic nitrogens is 1. The van der Waals surface area contributed by atoms with Crippen LogP contribution in [0.4, 0.5) is 20.4 Å². The fraction of sp³-hybridized carbons (Fsp3) is 0.583. The fourth-order valence-corrected chi connectivity index (χ4v) is 2.14. The van der Waals surface area contributed by atoms with Crippen molar-refractivity contribution in [1.82, 2.24) is 4.98 Å². The molecule has 0 bridgehead atoms.